The zero-order chi connectivity index (χ0) is 18.2. The van der Waals surface area contributed by atoms with E-state index in [-0.39, 0.29) is 12.5 Å². The van der Waals surface area contributed by atoms with Crippen LogP contribution in [0.25, 0.3) is 0 Å². The van der Waals surface area contributed by atoms with Gasteiger partial charge >= 0.3 is 6.09 Å². The van der Waals surface area contributed by atoms with E-state index in [0.717, 1.165) is 11.1 Å². The highest BCUT2D eigenvalue weighted by Crippen LogP contribution is 2.07. The number of amides is 1. The fourth-order valence-corrected chi connectivity index (χ4v) is 2.53. The van der Waals surface area contributed by atoms with Gasteiger partial charge in [0.05, 0.1) is 0 Å². The molecule has 0 bridgehead atoms. The van der Waals surface area contributed by atoms with E-state index in [2.05, 4.69) is 10.3 Å². The number of nitrogens with one attached hydrogen (secondary N) is 1. The van der Waals surface area contributed by atoms with E-state index < -0.39 is 12.1 Å². The summed E-state index contributed by atoms with van der Waals surface area (Å²) in [4.78, 5) is 28.7. The van der Waals surface area contributed by atoms with Crippen molar-refractivity contribution in [2.45, 2.75) is 19.1 Å². The molecule has 132 valence electrons. The fourth-order valence-electron chi connectivity index (χ4n) is 2.53. The van der Waals surface area contributed by atoms with Crippen LogP contribution in [0, 0.1) is 0 Å². The Balaban J connectivity index is 1.66. The number of hydrogen-bond donors (Lipinski definition) is 1. The first-order chi connectivity index (χ1) is 12.7. The molecule has 0 radical (unpaired) electrons. The lowest BCUT2D eigenvalue weighted by Gasteiger charge is -2.18. The molecule has 1 amide bonds. The van der Waals surface area contributed by atoms with Gasteiger partial charge in [-0.25, -0.2) is 9.78 Å². The average molecular weight is 349 g/mol. The highest BCUT2D eigenvalue weighted by molar-refractivity contribution is 5.87. The second-order valence-corrected chi connectivity index (χ2v) is 5.76. The molecule has 3 rings (SSSR count). The average Bonchev–Trinajstić information content (AvgIpc) is 3.22. The minimum atomic E-state index is -0.755. The van der Waals surface area contributed by atoms with E-state index in [0.29, 0.717) is 6.42 Å². The zero-order valence-corrected chi connectivity index (χ0v) is 14.1. The molecule has 0 saturated carbocycles. The second-order valence-electron chi connectivity index (χ2n) is 5.76. The van der Waals surface area contributed by atoms with Crippen LogP contribution in [0.3, 0.4) is 0 Å². The van der Waals surface area contributed by atoms with Crippen LogP contribution >= 0.6 is 0 Å². The van der Waals surface area contributed by atoms with E-state index in [1.165, 1.54) is 17.1 Å². The fraction of sp³-hybridized carbons (Fsp3) is 0.150. The van der Waals surface area contributed by atoms with Gasteiger partial charge in [0, 0.05) is 18.8 Å². The standard InChI is InChI=1S/C20H19N3O3/c24-19(23-12-11-21-15-23)18(13-16-7-3-1-4-8-16)22-20(25)26-14-17-9-5-2-6-10-17/h1-12,15,18H,13-14H2,(H,22,25). The molecule has 0 spiro atoms. The smallest absolute Gasteiger partial charge is 0.408 e. The van der Waals surface area contributed by atoms with E-state index in [1.54, 1.807) is 6.20 Å². The highest BCUT2D eigenvalue weighted by Gasteiger charge is 2.23. The van der Waals surface area contributed by atoms with Gasteiger partial charge in [0.25, 0.3) is 5.91 Å². The Morgan fingerprint density at radius 1 is 1.00 bits per heavy atom. The van der Waals surface area contributed by atoms with Crippen LogP contribution in [-0.4, -0.2) is 27.6 Å². The molecule has 0 fully saturated rings. The SMILES string of the molecule is O=C(NC(Cc1ccccc1)C(=O)n1ccnc1)OCc1ccccc1. The Kier molecular flexibility index (Phi) is 5.77. The summed E-state index contributed by atoms with van der Waals surface area (Å²) in [5.41, 5.74) is 1.82. The number of carbonyl (C=O) groups excluding carboxylic acids is 2. The molecule has 6 nitrogen and oxygen atoms in total. The molecule has 26 heavy (non-hydrogen) atoms. The molecule has 0 aliphatic carbocycles. The number of ether oxygens (including phenoxy) is 1. The van der Waals surface area contributed by atoms with Crippen molar-refractivity contribution in [1.29, 1.82) is 0 Å². The van der Waals surface area contributed by atoms with Gasteiger partial charge in [0.1, 0.15) is 19.0 Å². The molecule has 1 N–H and O–H groups in total. The predicted octanol–water partition coefficient (Wildman–Crippen LogP) is 3.06. The Hall–Kier alpha value is -3.41. The van der Waals surface area contributed by atoms with Crippen LogP contribution in [-0.2, 0) is 17.8 Å². The summed E-state index contributed by atoms with van der Waals surface area (Å²) in [5, 5.41) is 2.66. The lowest BCUT2D eigenvalue weighted by atomic mass is 10.1. The normalized spacial score (nSPS) is 11.5. The van der Waals surface area contributed by atoms with Crippen molar-refractivity contribution in [3.63, 3.8) is 0 Å². The molecule has 0 aliphatic heterocycles. The number of imidazole rings is 1. The van der Waals surface area contributed by atoms with Gasteiger partial charge in [-0.2, -0.15) is 0 Å². The number of nitrogens with zero attached hydrogens (tertiary/aromatic N) is 2. The summed E-state index contributed by atoms with van der Waals surface area (Å²) in [7, 11) is 0. The number of hydrogen-bond acceptors (Lipinski definition) is 4. The van der Waals surface area contributed by atoms with Crippen molar-refractivity contribution in [2.75, 3.05) is 0 Å². The minimum Gasteiger partial charge on any atom is -0.445 e. The van der Waals surface area contributed by atoms with Gasteiger partial charge in [0.2, 0.25) is 0 Å². The summed E-state index contributed by atoms with van der Waals surface area (Å²) in [6.07, 6.45) is 4.21. The molecule has 1 aromatic heterocycles. The predicted molar refractivity (Wildman–Crippen MR) is 96.6 cm³/mol. The summed E-state index contributed by atoms with van der Waals surface area (Å²) < 4.78 is 6.59. The molecule has 0 saturated heterocycles. The van der Waals surface area contributed by atoms with Crippen LogP contribution in [0.15, 0.2) is 79.4 Å². The van der Waals surface area contributed by atoms with Gasteiger partial charge in [-0.1, -0.05) is 60.7 Å². The Labute approximate surface area is 151 Å². The molecule has 0 aliphatic rings. The number of carbonyl (C=O) groups is 2. The molecule has 3 aromatic rings. The topological polar surface area (TPSA) is 73.2 Å². The van der Waals surface area contributed by atoms with E-state index in [9.17, 15) is 9.59 Å². The van der Waals surface area contributed by atoms with Crippen LogP contribution in [0.1, 0.15) is 15.9 Å². The van der Waals surface area contributed by atoms with Crippen LogP contribution in [0.4, 0.5) is 4.79 Å². The van der Waals surface area contributed by atoms with Crippen LogP contribution in [0.2, 0.25) is 0 Å². The Morgan fingerprint density at radius 2 is 1.65 bits per heavy atom. The van der Waals surface area contributed by atoms with Crippen molar-refractivity contribution in [2.24, 2.45) is 0 Å². The maximum atomic E-state index is 12.7. The Bertz CT molecular complexity index is 833. The van der Waals surface area contributed by atoms with Gasteiger partial charge in [0.15, 0.2) is 0 Å². The van der Waals surface area contributed by atoms with E-state index in [1.807, 2.05) is 60.7 Å². The molecule has 6 heteroatoms. The molecular formula is C20H19N3O3. The van der Waals surface area contributed by atoms with Gasteiger partial charge in [-0.05, 0) is 11.1 Å². The lowest BCUT2D eigenvalue weighted by molar-refractivity contribution is 0.0836. The van der Waals surface area contributed by atoms with Crippen molar-refractivity contribution in [3.8, 4) is 0 Å². The maximum Gasteiger partial charge on any atom is 0.408 e. The number of alkyl carbamates (subject to hydrolysis) is 1. The van der Waals surface area contributed by atoms with Crippen LogP contribution in [0.5, 0.6) is 0 Å². The summed E-state index contributed by atoms with van der Waals surface area (Å²) in [6.45, 7) is 0.143. The van der Waals surface area contributed by atoms with Gasteiger partial charge in [-0.3, -0.25) is 9.36 Å². The largest absolute Gasteiger partial charge is 0.445 e. The van der Waals surface area contributed by atoms with Gasteiger partial charge < -0.3 is 10.1 Å². The maximum absolute atomic E-state index is 12.7. The van der Waals surface area contributed by atoms with E-state index in [4.69, 9.17) is 4.74 Å². The number of rotatable bonds is 6. The molecule has 2 aromatic carbocycles. The lowest BCUT2D eigenvalue weighted by Crippen LogP contribution is -2.44. The number of benzene rings is 2. The molecule has 1 atom stereocenters. The van der Waals surface area contributed by atoms with E-state index >= 15 is 0 Å². The van der Waals surface area contributed by atoms with Crippen molar-refractivity contribution in [1.82, 2.24) is 14.9 Å². The summed E-state index contributed by atoms with van der Waals surface area (Å²) in [6, 6.07) is 18.1. The molecular weight excluding hydrogens is 330 g/mol. The second kappa shape index (κ2) is 8.62. The van der Waals surface area contributed by atoms with Crippen LogP contribution < -0.4 is 5.32 Å². The summed E-state index contributed by atoms with van der Waals surface area (Å²) >= 11 is 0. The molecule has 1 unspecified atom stereocenters. The third kappa shape index (κ3) is 4.80. The molecule has 1 heterocycles. The third-order valence-corrected chi connectivity index (χ3v) is 3.84. The minimum absolute atomic E-state index is 0.143. The monoisotopic (exact) mass is 349 g/mol. The summed E-state index contributed by atoms with van der Waals surface area (Å²) in [5.74, 6) is -0.275. The first kappa shape index (κ1) is 17.4. The first-order valence-corrected chi connectivity index (χ1v) is 8.25. The quantitative estimate of drug-likeness (QED) is 0.742. The van der Waals surface area contributed by atoms with Crippen molar-refractivity contribution < 1.29 is 14.3 Å². The van der Waals surface area contributed by atoms with Gasteiger partial charge in [-0.15, -0.1) is 0 Å². The first-order valence-electron chi connectivity index (χ1n) is 8.25. The Morgan fingerprint density at radius 3 is 2.27 bits per heavy atom. The number of aromatic nitrogens is 2. The zero-order valence-electron chi connectivity index (χ0n) is 14.1. The third-order valence-electron chi connectivity index (χ3n) is 3.84. The van der Waals surface area contributed by atoms with Crippen molar-refractivity contribution in [3.05, 3.63) is 90.5 Å². The highest BCUT2D eigenvalue weighted by atomic mass is 16.5. The van der Waals surface area contributed by atoms with Crippen molar-refractivity contribution >= 4 is 12.0 Å².